The third-order valence-corrected chi connectivity index (χ3v) is 6.39. The standard InChI is InChI=1S/C22H28ClN3O5S/c1-15-12-18(23)8-11-20(15)26(32(5,29)30)14-21(27)25(16(2)22(28)24-3)13-17-6-9-19(31-4)10-7-17/h6-12,16H,13-14H2,1-5H3,(H,24,28)/t16-/m0/s1. The summed E-state index contributed by atoms with van der Waals surface area (Å²) in [5.41, 5.74) is 1.72. The molecule has 2 amide bonds. The molecule has 0 aromatic heterocycles. The molecule has 32 heavy (non-hydrogen) atoms. The zero-order valence-corrected chi connectivity index (χ0v) is 20.3. The van der Waals surface area contributed by atoms with Gasteiger partial charge in [0.2, 0.25) is 21.8 Å². The Morgan fingerprint density at radius 2 is 1.78 bits per heavy atom. The lowest BCUT2D eigenvalue weighted by Crippen LogP contribution is -2.50. The minimum Gasteiger partial charge on any atom is -0.497 e. The number of ether oxygens (including phenoxy) is 1. The monoisotopic (exact) mass is 481 g/mol. The van der Waals surface area contributed by atoms with Crippen molar-refractivity contribution in [3.8, 4) is 5.75 Å². The summed E-state index contributed by atoms with van der Waals surface area (Å²) >= 11 is 6.00. The molecule has 2 aromatic carbocycles. The van der Waals surface area contributed by atoms with E-state index < -0.39 is 28.5 Å². The number of hydrogen-bond donors (Lipinski definition) is 1. The fraction of sp³-hybridized carbons (Fsp3) is 0.364. The predicted molar refractivity (Wildman–Crippen MR) is 125 cm³/mol. The number of rotatable bonds is 9. The molecule has 0 aliphatic rings. The Morgan fingerprint density at radius 3 is 2.28 bits per heavy atom. The second-order valence-corrected chi connectivity index (χ2v) is 9.70. The highest BCUT2D eigenvalue weighted by molar-refractivity contribution is 7.92. The maximum Gasteiger partial charge on any atom is 0.244 e. The van der Waals surface area contributed by atoms with Crippen LogP contribution >= 0.6 is 11.6 Å². The highest BCUT2D eigenvalue weighted by atomic mass is 35.5. The van der Waals surface area contributed by atoms with Crippen LogP contribution in [0.25, 0.3) is 0 Å². The van der Waals surface area contributed by atoms with Crippen LogP contribution in [-0.2, 0) is 26.2 Å². The van der Waals surface area contributed by atoms with E-state index in [4.69, 9.17) is 16.3 Å². The summed E-state index contributed by atoms with van der Waals surface area (Å²) < 4.78 is 31.3. The number of sulfonamides is 1. The Hall–Kier alpha value is -2.78. The number of nitrogens with one attached hydrogen (secondary N) is 1. The number of carbonyl (C=O) groups excluding carboxylic acids is 2. The minimum absolute atomic E-state index is 0.120. The molecular weight excluding hydrogens is 454 g/mol. The first-order valence-electron chi connectivity index (χ1n) is 9.85. The van der Waals surface area contributed by atoms with Gasteiger partial charge < -0.3 is 15.0 Å². The zero-order valence-electron chi connectivity index (χ0n) is 18.8. The fourth-order valence-electron chi connectivity index (χ4n) is 3.21. The molecule has 0 saturated carbocycles. The molecule has 174 valence electrons. The molecule has 0 aliphatic carbocycles. The summed E-state index contributed by atoms with van der Waals surface area (Å²) in [6.45, 7) is 2.97. The van der Waals surface area contributed by atoms with E-state index in [9.17, 15) is 18.0 Å². The van der Waals surface area contributed by atoms with Gasteiger partial charge in [-0.3, -0.25) is 13.9 Å². The lowest BCUT2D eigenvalue weighted by molar-refractivity contribution is -0.139. The lowest BCUT2D eigenvalue weighted by Gasteiger charge is -2.31. The average Bonchev–Trinajstić information content (AvgIpc) is 2.74. The van der Waals surface area contributed by atoms with Crippen molar-refractivity contribution in [1.29, 1.82) is 0 Å². The number of amides is 2. The topological polar surface area (TPSA) is 96.0 Å². The number of methoxy groups -OCH3 is 1. The van der Waals surface area contributed by atoms with Gasteiger partial charge in [0, 0.05) is 18.6 Å². The number of anilines is 1. The van der Waals surface area contributed by atoms with Gasteiger partial charge >= 0.3 is 0 Å². The molecule has 0 bridgehead atoms. The van der Waals surface area contributed by atoms with E-state index in [0.717, 1.165) is 16.1 Å². The minimum atomic E-state index is -3.79. The summed E-state index contributed by atoms with van der Waals surface area (Å²) in [4.78, 5) is 27.0. The molecule has 1 atom stereocenters. The van der Waals surface area contributed by atoms with Crippen molar-refractivity contribution in [1.82, 2.24) is 10.2 Å². The van der Waals surface area contributed by atoms with E-state index in [0.29, 0.717) is 22.0 Å². The Kier molecular flexibility index (Phi) is 8.51. The normalized spacial score (nSPS) is 12.1. The molecule has 0 spiro atoms. The Balaban J connectivity index is 2.39. The van der Waals surface area contributed by atoms with Gasteiger partial charge in [0.1, 0.15) is 18.3 Å². The summed E-state index contributed by atoms with van der Waals surface area (Å²) in [5, 5.41) is 2.99. The molecule has 10 heteroatoms. The Labute approximate surface area is 194 Å². The molecule has 8 nitrogen and oxygen atoms in total. The predicted octanol–water partition coefficient (Wildman–Crippen LogP) is 2.59. The number of hydrogen-bond acceptors (Lipinski definition) is 5. The van der Waals surface area contributed by atoms with Gasteiger partial charge in [0.25, 0.3) is 0 Å². The highest BCUT2D eigenvalue weighted by Crippen LogP contribution is 2.26. The first-order chi connectivity index (χ1) is 15.0. The molecule has 2 aromatic rings. The van der Waals surface area contributed by atoms with Gasteiger partial charge in [-0.1, -0.05) is 23.7 Å². The van der Waals surface area contributed by atoms with Crippen LogP contribution in [0.5, 0.6) is 5.75 Å². The van der Waals surface area contributed by atoms with E-state index in [1.807, 2.05) is 0 Å². The second-order valence-electron chi connectivity index (χ2n) is 7.36. The Morgan fingerprint density at radius 1 is 1.16 bits per heavy atom. The molecule has 1 N–H and O–H groups in total. The quantitative estimate of drug-likeness (QED) is 0.594. The van der Waals surface area contributed by atoms with Crippen LogP contribution in [0.15, 0.2) is 42.5 Å². The van der Waals surface area contributed by atoms with Crippen molar-refractivity contribution in [2.75, 3.05) is 31.3 Å². The number of carbonyl (C=O) groups is 2. The van der Waals surface area contributed by atoms with Gasteiger partial charge in [0.15, 0.2) is 0 Å². The third kappa shape index (κ3) is 6.37. The second kappa shape index (κ2) is 10.7. The van der Waals surface area contributed by atoms with Gasteiger partial charge in [-0.15, -0.1) is 0 Å². The number of likely N-dealkylation sites (N-methyl/N-ethyl adjacent to an activating group) is 1. The SMILES string of the molecule is CNC(=O)[C@H](C)N(Cc1ccc(OC)cc1)C(=O)CN(c1ccc(Cl)cc1C)S(C)(=O)=O. The summed E-state index contributed by atoms with van der Waals surface area (Å²) in [6, 6.07) is 11.0. The molecule has 0 unspecified atom stereocenters. The largest absolute Gasteiger partial charge is 0.497 e. The maximum atomic E-state index is 13.3. The van der Waals surface area contributed by atoms with Crippen LogP contribution in [0.2, 0.25) is 5.02 Å². The van der Waals surface area contributed by atoms with E-state index in [1.54, 1.807) is 63.4 Å². The van der Waals surface area contributed by atoms with Crippen LogP contribution in [-0.4, -0.2) is 58.1 Å². The molecule has 0 heterocycles. The number of halogens is 1. The fourth-order valence-corrected chi connectivity index (χ4v) is 4.35. The molecule has 0 radical (unpaired) electrons. The van der Waals surface area contributed by atoms with Crippen molar-refractivity contribution in [3.63, 3.8) is 0 Å². The summed E-state index contributed by atoms with van der Waals surface area (Å²) in [5.74, 6) is -0.218. The van der Waals surface area contributed by atoms with Crippen LogP contribution in [0.4, 0.5) is 5.69 Å². The van der Waals surface area contributed by atoms with Crippen molar-refractivity contribution < 1.29 is 22.7 Å². The first kappa shape index (κ1) is 25.5. The smallest absolute Gasteiger partial charge is 0.244 e. The van der Waals surface area contributed by atoms with Crippen molar-refractivity contribution >= 4 is 39.1 Å². The van der Waals surface area contributed by atoms with E-state index in [2.05, 4.69) is 5.32 Å². The zero-order chi connectivity index (χ0) is 24.1. The molecule has 2 rings (SSSR count). The van der Waals surface area contributed by atoms with Crippen molar-refractivity contribution in [2.45, 2.75) is 26.4 Å². The van der Waals surface area contributed by atoms with Gasteiger partial charge in [-0.25, -0.2) is 8.42 Å². The van der Waals surface area contributed by atoms with Crippen LogP contribution in [0.3, 0.4) is 0 Å². The van der Waals surface area contributed by atoms with Crippen LogP contribution in [0, 0.1) is 6.92 Å². The first-order valence-corrected chi connectivity index (χ1v) is 12.1. The Bertz CT molecular complexity index is 1070. The third-order valence-electron chi connectivity index (χ3n) is 5.03. The van der Waals surface area contributed by atoms with Gasteiger partial charge in [-0.2, -0.15) is 0 Å². The molecule has 0 aliphatic heterocycles. The molecule has 0 saturated heterocycles. The van der Waals surface area contributed by atoms with E-state index in [-0.39, 0.29) is 12.5 Å². The van der Waals surface area contributed by atoms with Crippen molar-refractivity contribution in [3.05, 3.63) is 58.6 Å². The number of aryl methyl sites for hydroxylation is 1. The summed E-state index contributed by atoms with van der Waals surface area (Å²) in [7, 11) is -0.756. The van der Waals surface area contributed by atoms with Crippen molar-refractivity contribution in [2.24, 2.45) is 0 Å². The lowest BCUT2D eigenvalue weighted by atomic mass is 10.1. The maximum absolute atomic E-state index is 13.3. The average molecular weight is 482 g/mol. The van der Waals surface area contributed by atoms with E-state index in [1.165, 1.54) is 11.9 Å². The van der Waals surface area contributed by atoms with Gasteiger partial charge in [0.05, 0.1) is 19.1 Å². The highest BCUT2D eigenvalue weighted by Gasteiger charge is 2.30. The van der Waals surface area contributed by atoms with Crippen LogP contribution < -0.4 is 14.4 Å². The number of nitrogens with zero attached hydrogens (tertiary/aromatic N) is 2. The van der Waals surface area contributed by atoms with Gasteiger partial charge in [-0.05, 0) is 55.3 Å². The van der Waals surface area contributed by atoms with E-state index >= 15 is 0 Å². The number of benzene rings is 2. The molecule has 0 fully saturated rings. The van der Waals surface area contributed by atoms with Crippen LogP contribution in [0.1, 0.15) is 18.1 Å². The molecular formula is C22H28ClN3O5S. The summed E-state index contributed by atoms with van der Waals surface area (Å²) in [6.07, 6.45) is 1.03.